The molecule has 0 spiro atoms. The Morgan fingerprint density at radius 2 is 1.76 bits per heavy atom. The van der Waals surface area contributed by atoms with Crippen LogP contribution in [0.25, 0.3) is 0 Å². The summed E-state index contributed by atoms with van der Waals surface area (Å²) in [5.41, 5.74) is 8.60. The van der Waals surface area contributed by atoms with Crippen LogP contribution in [0.15, 0.2) is 47.4 Å². The van der Waals surface area contributed by atoms with E-state index in [1.54, 1.807) is 12.1 Å². The number of benzene rings is 2. The van der Waals surface area contributed by atoms with E-state index >= 15 is 0 Å². The fraction of sp³-hybridized carbons (Fsp3) is 0.200. The van der Waals surface area contributed by atoms with E-state index in [0.717, 1.165) is 16.0 Å². The molecule has 112 valence electrons. The van der Waals surface area contributed by atoms with Gasteiger partial charge < -0.3 is 10.5 Å². The fourth-order valence-corrected chi connectivity index (χ4v) is 2.65. The van der Waals surface area contributed by atoms with Crippen molar-refractivity contribution in [1.29, 1.82) is 0 Å². The normalized spacial score (nSPS) is 11.4. The van der Waals surface area contributed by atoms with Crippen LogP contribution in [0.2, 0.25) is 0 Å². The summed E-state index contributed by atoms with van der Waals surface area (Å²) < 4.78 is 40.0. The van der Waals surface area contributed by atoms with Crippen LogP contribution in [-0.4, -0.2) is 6.36 Å². The summed E-state index contributed by atoms with van der Waals surface area (Å²) in [6.07, 6.45) is -4.66. The molecule has 6 heteroatoms. The molecule has 2 aromatic rings. The summed E-state index contributed by atoms with van der Waals surface area (Å²) in [6.45, 7) is 1.96. The molecule has 0 saturated heterocycles. The molecule has 0 unspecified atom stereocenters. The molecule has 0 amide bonds. The molecule has 0 aromatic heterocycles. The predicted octanol–water partition coefficient (Wildman–Crippen LogP) is 4.77. The summed E-state index contributed by atoms with van der Waals surface area (Å²) >= 11 is 1.54. The van der Waals surface area contributed by atoms with Crippen molar-refractivity contribution in [2.24, 2.45) is 0 Å². The number of alkyl halides is 3. The number of rotatable bonds is 4. The van der Waals surface area contributed by atoms with E-state index < -0.39 is 6.36 Å². The van der Waals surface area contributed by atoms with Crippen LogP contribution >= 0.6 is 11.8 Å². The number of nitrogens with two attached hydrogens (primary N) is 1. The van der Waals surface area contributed by atoms with Gasteiger partial charge in [0.2, 0.25) is 0 Å². The molecule has 2 aromatic carbocycles. The van der Waals surface area contributed by atoms with Crippen LogP contribution in [0.3, 0.4) is 0 Å². The number of hydrogen-bond donors (Lipinski definition) is 1. The van der Waals surface area contributed by atoms with Crippen LogP contribution in [0.4, 0.5) is 18.9 Å². The Kier molecular flexibility index (Phi) is 4.67. The fourth-order valence-electron chi connectivity index (χ4n) is 1.75. The number of anilines is 1. The lowest BCUT2D eigenvalue weighted by molar-refractivity contribution is -0.274. The Hall–Kier alpha value is -1.82. The first-order valence-corrected chi connectivity index (χ1v) is 7.16. The molecule has 2 rings (SSSR count). The molecule has 0 saturated carbocycles. The minimum absolute atomic E-state index is 0.217. The highest BCUT2D eigenvalue weighted by atomic mass is 32.2. The molecular formula is C15H14F3NOS. The van der Waals surface area contributed by atoms with Gasteiger partial charge in [0.25, 0.3) is 0 Å². The van der Waals surface area contributed by atoms with Gasteiger partial charge in [0.05, 0.1) is 0 Å². The van der Waals surface area contributed by atoms with Crippen molar-refractivity contribution in [3.05, 3.63) is 53.6 Å². The average Bonchev–Trinajstić information content (AvgIpc) is 2.38. The molecule has 0 aliphatic rings. The molecule has 0 atom stereocenters. The van der Waals surface area contributed by atoms with E-state index in [4.69, 9.17) is 5.73 Å². The lowest BCUT2D eigenvalue weighted by Gasteiger charge is -2.10. The molecule has 2 nitrogen and oxygen atoms in total. The Morgan fingerprint density at radius 3 is 2.33 bits per heavy atom. The molecule has 0 aliphatic carbocycles. The highest BCUT2D eigenvalue weighted by Crippen LogP contribution is 2.30. The van der Waals surface area contributed by atoms with E-state index in [1.165, 1.54) is 23.9 Å². The van der Waals surface area contributed by atoms with Crippen LogP contribution in [0.5, 0.6) is 5.75 Å². The molecule has 2 N–H and O–H groups in total. The number of halogens is 3. The standard InChI is InChI=1S/C15H14F3NOS/c1-10-2-7-14(13(19)8-10)21-9-11-3-5-12(6-4-11)20-15(16,17)18/h2-8H,9,19H2,1H3. The van der Waals surface area contributed by atoms with E-state index in [2.05, 4.69) is 4.74 Å². The molecule has 0 aliphatic heterocycles. The van der Waals surface area contributed by atoms with E-state index in [0.29, 0.717) is 11.4 Å². The molecule has 21 heavy (non-hydrogen) atoms. The second-order valence-electron chi connectivity index (χ2n) is 4.52. The van der Waals surface area contributed by atoms with Gasteiger partial charge in [-0.1, -0.05) is 18.2 Å². The van der Waals surface area contributed by atoms with Gasteiger partial charge in [0, 0.05) is 16.3 Å². The van der Waals surface area contributed by atoms with Crippen molar-refractivity contribution in [1.82, 2.24) is 0 Å². The van der Waals surface area contributed by atoms with Crippen molar-refractivity contribution >= 4 is 17.4 Å². The highest BCUT2D eigenvalue weighted by Gasteiger charge is 2.30. The van der Waals surface area contributed by atoms with Crippen LogP contribution in [-0.2, 0) is 5.75 Å². The maximum atomic E-state index is 12.0. The van der Waals surface area contributed by atoms with Crippen molar-refractivity contribution in [3.63, 3.8) is 0 Å². The topological polar surface area (TPSA) is 35.2 Å². The van der Waals surface area contributed by atoms with Crippen LogP contribution < -0.4 is 10.5 Å². The van der Waals surface area contributed by atoms with Gasteiger partial charge in [0.1, 0.15) is 5.75 Å². The smallest absolute Gasteiger partial charge is 0.406 e. The van der Waals surface area contributed by atoms with Crippen LogP contribution in [0, 0.1) is 6.92 Å². The highest BCUT2D eigenvalue weighted by molar-refractivity contribution is 7.98. The number of hydrogen-bond acceptors (Lipinski definition) is 3. The molecule has 0 heterocycles. The largest absolute Gasteiger partial charge is 0.573 e. The zero-order chi connectivity index (χ0) is 15.5. The number of nitrogen functional groups attached to an aromatic ring is 1. The quantitative estimate of drug-likeness (QED) is 0.652. The summed E-state index contributed by atoms with van der Waals surface area (Å²) in [6, 6.07) is 11.6. The average molecular weight is 313 g/mol. The van der Waals surface area contributed by atoms with Gasteiger partial charge in [-0.05, 0) is 42.3 Å². The van der Waals surface area contributed by atoms with Crippen molar-refractivity contribution in [3.8, 4) is 5.75 Å². The van der Waals surface area contributed by atoms with Gasteiger partial charge in [-0.15, -0.1) is 24.9 Å². The summed E-state index contributed by atoms with van der Waals surface area (Å²) in [4.78, 5) is 0.955. The van der Waals surface area contributed by atoms with Gasteiger partial charge in [-0.2, -0.15) is 0 Å². The minimum atomic E-state index is -4.66. The van der Waals surface area contributed by atoms with E-state index in [9.17, 15) is 13.2 Å². The summed E-state index contributed by atoms with van der Waals surface area (Å²) in [7, 11) is 0. The third-order valence-corrected chi connectivity index (χ3v) is 3.88. The predicted molar refractivity (Wildman–Crippen MR) is 78.3 cm³/mol. The van der Waals surface area contributed by atoms with E-state index in [-0.39, 0.29) is 5.75 Å². The zero-order valence-electron chi connectivity index (χ0n) is 11.3. The lowest BCUT2D eigenvalue weighted by Crippen LogP contribution is -2.16. The third-order valence-electron chi connectivity index (χ3n) is 2.72. The van der Waals surface area contributed by atoms with Crippen molar-refractivity contribution in [2.75, 3.05) is 5.73 Å². The first-order chi connectivity index (χ1) is 9.83. The maximum Gasteiger partial charge on any atom is 0.573 e. The Bertz CT molecular complexity index is 611. The minimum Gasteiger partial charge on any atom is -0.406 e. The number of thioether (sulfide) groups is 1. The first kappa shape index (κ1) is 15.6. The Labute approximate surface area is 125 Å². The molecule has 0 bridgehead atoms. The van der Waals surface area contributed by atoms with E-state index in [1.807, 2.05) is 25.1 Å². The third kappa shape index (κ3) is 4.90. The zero-order valence-corrected chi connectivity index (χ0v) is 12.1. The second kappa shape index (κ2) is 6.30. The lowest BCUT2D eigenvalue weighted by atomic mass is 10.2. The summed E-state index contributed by atoms with van der Waals surface area (Å²) in [5.74, 6) is 0.408. The van der Waals surface area contributed by atoms with Crippen LogP contribution in [0.1, 0.15) is 11.1 Å². The van der Waals surface area contributed by atoms with Crippen molar-refractivity contribution < 1.29 is 17.9 Å². The monoisotopic (exact) mass is 313 g/mol. The van der Waals surface area contributed by atoms with Gasteiger partial charge in [0.15, 0.2) is 0 Å². The first-order valence-electron chi connectivity index (χ1n) is 6.17. The van der Waals surface area contributed by atoms with Gasteiger partial charge >= 0.3 is 6.36 Å². The molecule has 0 fully saturated rings. The molecular weight excluding hydrogens is 299 g/mol. The SMILES string of the molecule is Cc1ccc(SCc2ccc(OC(F)(F)F)cc2)c(N)c1. The summed E-state index contributed by atoms with van der Waals surface area (Å²) in [5, 5.41) is 0. The number of aryl methyl sites for hydroxylation is 1. The molecule has 0 radical (unpaired) electrons. The number of ether oxygens (including phenoxy) is 1. The van der Waals surface area contributed by atoms with Gasteiger partial charge in [-0.25, -0.2) is 0 Å². The Balaban J connectivity index is 1.97. The van der Waals surface area contributed by atoms with Gasteiger partial charge in [-0.3, -0.25) is 0 Å². The maximum absolute atomic E-state index is 12.0. The van der Waals surface area contributed by atoms with Crippen molar-refractivity contribution in [2.45, 2.75) is 23.9 Å². The second-order valence-corrected chi connectivity index (χ2v) is 5.54. The Morgan fingerprint density at radius 1 is 1.10 bits per heavy atom.